The molecule has 0 aliphatic carbocycles. The summed E-state index contributed by atoms with van der Waals surface area (Å²) in [5, 5.41) is 0. The average Bonchev–Trinajstić information content (AvgIpc) is 2.38. The van der Waals surface area contributed by atoms with E-state index in [-0.39, 0.29) is 23.3 Å². The molecule has 1 rings (SSSR count). The summed E-state index contributed by atoms with van der Waals surface area (Å²) in [5.74, 6) is -1.40. The molecule has 0 saturated carbocycles. The monoisotopic (exact) mass is 275 g/mol. The molecule has 0 aromatic heterocycles. The van der Waals surface area contributed by atoms with Gasteiger partial charge in [-0.3, -0.25) is 4.79 Å². The van der Waals surface area contributed by atoms with Gasteiger partial charge in [0.15, 0.2) is 0 Å². The SMILES string of the molecule is CC(CCl)C(=O)N(C)C(C)c1cc(F)ccc1F. The maximum Gasteiger partial charge on any atom is 0.226 e. The second kappa shape index (κ2) is 6.14. The predicted octanol–water partition coefficient (Wildman–Crippen LogP) is 3.36. The van der Waals surface area contributed by atoms with E-state index in [1.54, 1.807) is 20.9 Å². The molecule has 0 aliphatic heterocycles. The van der Waals surface area contributed by atoms with Crippen molar-refractivity contribution in [1.29, 1.82) is 0 Å². The summed E-state index contributed by atoms with van der Waals surface area (Å²) in [6.07, 6.45) is 0. The Morgan fingerprint density at radius 3 is 2.56 bits per heavy atom. The van der Waals surface area contributed by atoms with Crippen LogP contribution in [0.25, 0.3) is 0 Å². The minimum atomic E-state index is -0.543. The molecule has 100 valence electrons. The van der Waals surface area contributed by atoms with Crippen molar-refractivity contribution in [2.45, 2.75) is 19.9 Å². The molecule has 5 heteroatoms. The van der Waals surface area contributed by atoms with E-state index >= 15 is 0 Å². The van der Waals surface area contributed by atoms with Crippen molar-refractivity contribution in [2.75, 3.05) is 12.9 Å². The smallest absolute Gasteiger partial charge is 0.226 e. The number of nitrogens with zero attached hydrogens (tertiary/aromatic N) is 1. The lowest BCUT2D eigenvalue weighted by atomic mass is 10.0. The molecule has 0 saturated heterocycles. The van der Waals surface area contributed by atoms with E-state index < -0.39 is 17.7 Å². The maximum atomic E-state index is 13.6. The molecule has 18 heavy (non-hydrogen) atoms. The number of halogens is 3. The summed E-state index contributed by atoms with van der Waals surface area (Å²) < 4.78 is 26.7. The van der Waals surface area contributed by atoms with Gasteiger partial charge in [0, 0.05) is 24.4 Å². The minimum Gasteiger partial charge on any atom is -0.339 e. The maximum absolute atomic E-state index is 13.6. The van der Waals surface area contributed by atoms with Crippen LogP contribution in [0.3, 0.4) is 0 Å². The summed E-state index contributed by atoms with van der Waals surface area (Å²) in [6.45, 7) is 3.34. The number of alkyl halides is 1. The van der Waals surface area contributed by atoms with Crippen LogP contribution in [0.15, 0.2) is 18.2 Å². The summed E-state index contributed by atoms with van der Waals surface area (Å²) >= 11 is 5.62. The van der Waals surface area contributed by atoms with Gasteiger partial charge < -0.3 is 4.90 Å². The van der Waals surface area contributed by atoms with Gasteiger partial charge in [-0.05, 0) is 25.1 Å². The van der Waals surface area contributed by atoms with Crippen molar-refractivity contribution in [1.82, 2.24) is 4.90 Å². The lowest BCUT2D eigenvalue weighted by Gasteiger charge is -2.27. The molecule has 0 N–H and O–H groups in total. The number of carbonyl (C=O) groups is 1. The molecule has 0 fully saturated rings. The van der Waals surface area contributed by atoms with Crippen molar-refractivity contribution in [3.05, 3.63) is 35.4 Å². The van der Waals surface area contributed by atoms with Crippen LogP contribution in [-0.2, 0) is 4.79 Å². The molecule has 0 spiro atoms. The minimum absolute atomic E-state index is 0.160. The van der Waals surface area contributed by atoms with Crippen LogP contribution in [0, 0.1) is 17.6 Å². The van der Waals surface area contributed by atoms with E-state index in [1.165, 1.54) is 4.90 Å². The average molecular weight is 276 g/mol. The van der Waals surface area contributed by atoms with Crippen LogP contribution in [0.1, 0.15) is 25.5 Å². The first-order valence-electron chi connectivity index (χ1n) is 5.66. The van der Waals surface area contributed by atoms with E-state index in [0.29, 0.717) is 0 Å². The van der Waals surface area contributed by atoms with Gasteiger partial charge >= 0.3 is 0 Å². The van der Waals surface area contributed by atoms with Gasteiger partial charge in [0.25, 0.3) is 0 Å². The Balaban J connectivity index is 2.96. The first kappa shape index (κ1) is 14.9. The summed E-state index contributed by atoms with van der Waals surface area (Å²) in [4.78, 5) is 13.3. The quantitative estimate of drug-likeness (QED) is 0.772. The van der Waals surface area contributed by atoms with E-state index in [9.17, 15) is 13.6 Å². The molecule has 2 nitrogen and oxygen atoms in total. The third-order valence-electron chi connectivity index (χ3n) is 2.99. The Labute approximate surface area is 111 Å². The first-order chi connectivity index (χ1) is 8.38. The Morgan fingerprint density at radius 2 is 2.00 bits per heavy atom. The second-order valence-corrected chi connectivity index (χ2v) is 4.65. The number of rotatable bonds is 4. The van der Waals surface area contributed by atoms with Crippen molar-refractivity contribution in [3.8, 4) is 0 Å². The third kappa shape index (κ3) is 3.19. The van der Waals surface area contributed by atoms with E-state index in [2.05, 4.69) is 0 Å². The molecule has 1 amide bonds. The Hall–Kier alpha value is -1.16. The molecule has 1 aromatic rings. The highest BCUT2D eigenvalue weighted by Crippen LogP contribution is 2.24. The predicted molar refractivity (Wildman–Crippen MR) is 67.4 cm³/mol. The summed E-state index contributed by atoms with van der Waals surface area (Å²) in [6, 6.07) is 2.67. The number of amides is 1. The normalized spacial score (nSPS) is 14.1. The molecule has 1 aromatic carbocycles. The van der Waals surface area contributed by atoms with Crippen LogP contribution in [0.2, 0.25) is 0 Å². The standard InChI is InChI=1S/C13H16ClF2NO/c1-8(7-14)13(18)17(3)9(2)11-6-10(15)4-5-12(11)16/h4-6,8-9H,7H2,1-3H3. The van der Waals surface area contributed by atoms with Crippen LogP contribution in [0.5, 0.6) is 0 Å². The van der Waals surface area contributed by atoms with Gasteiger partial charge in [-0.25, -0.2) is 8.78 Å². The van der Waals surface area contributed by atoms with Gasteiger partial charge in [0.1, 0.15) is 11.6 Å². The molecule has 2 unspecified atom stereocenters. The van der Waals surface area contributed by atoms with Crippen LogP contribution < -0.4 is 0 Å². The molecule has 0 aliphatic rings. The fourth-order valence-electron chi connectivity index (χ4n) is 1.65. The summed E-state index contributed by atoms with van der Waals surface area (Å²) in [7, 11) is 1.56. The molecular formula is C13H16ClF2NO. The highest BCUT2D eigenvalue weighted by atomic mass is 35.5. The van der Waals surface area contributed by atoms with Gasteiger partial charge in [0.05, 0.1) is 6.04 Å². The number of hydrogen-bond donors (Lipinski definition) is 0. The lowest BCUT2D eigenvalue weighted by molar-refractivity contribution is -0.134. The lowest BCUT2D eigenvalue weighted by Crippen LogP contribution is -2.34. The van der Waals surface area contributed by atoms with Gasteiger partial charge in [0.2, 0.25) is 5.91 Å². The molecule has 0 radical (unpaired) electrons. The fourth-order valence-corrected chi connectivity index (χ4v) is 1.78. The van der Waals surface area contributed by atoms with Crippen LogP contribution >= 0.6 is 11.6 Å². The zero-order chi connectivity index (χ0) is 13.9. The first-order valence-corrected chi connectivity index (χ1v) is 6.19. The Bertz CT molecular complexity index is 439. The van der Waals surface area contributed by atoms with E-state index in [0.717, 1.165) is 18.2 Å². The van der Waals surface area contributed by atoms with Crippen LogP contribution in [-0.4, -0.2) is 23.7 Å². The largest absolute Gasteiger partial charge is 0.339 e. The van der Waals surface area contributed by atoms with Gasteiger partial charge in [-0.2, -0.15) is 0 Å². The number of carbonyl (C=O) groups excluding carboxylic acids is 1. The highest BCUT2D eigenvalue weighted by Gasteiger charge is 2.24. The Kier molecular flexibility index (Phi) is 5.08. The third-order valence-corrected chi connectivity index (χ3v) is 3.45. The van der Waals surface area contributed by atoms with Gasteiger partial charge in [-0.15, -0.1) is 11.6 Å². The van der Waals surface area contributed by atoms with Gasteiger partial charge in [-0.1, -0.05) is 6.92 Å². The van der Waals surface area contributed by atoms with E-state index in [1.807, 2.05) is 0 Å². The van der Waals surface area contributed by atoms with E-state index in [4.69, 9.17) is 11.6 Å². The van der Waals surface area contributed by atoms with Crippen molar-refractivity contribution in [3.63, 3.8) is 0 Å². The second-order valence-electron chi connectivity index (χ2n) is 4.35. The van der Waals surface area contributed by atoms with Crippen molar-refractivity contribution >= 4 is 17.5 Å². The zero-order valence-electron chi connectivity index (χ0n) is 10.6. The molecule has 2 atom stereocenters. The molecule has 0 heterocycles. The molecular weight excluding hydrogens is 260 g/mol. The van der Waals surface area contributed by atoms with Crippen molar-refractivity contribution < 1.29 is 13.6 Å². The molecule has 0 bridgehead atoms. The van der Waals surface area contributed by atoms with Crippen LogP contribution in [0.4, 0.5) is 8.78 Å². The summed E-state index contributed by atoms with van der Waals surface area (Å²) in [5.41, 5.74) is 0.160. The van der Waals surface area contributed by atoms with Crippen molar-refractivity contribution in [2.24, 2.45) is 5.92 Å². The zero-order valence-corrected chi connectivity index (χ0v) is 11.3. The number of hydrogen-bond acceptors (Lipinski definition) is 1. The highest BCUT2D eigenvalue weighted by molar-refractivity contribution is 6.19. The Morgan fingerprint density at radius 1 is 1.39 bits per heavy atom. The number of benzene rings is 1. The fraction of sp³-hybridized carbons (Fsp3) is 0.462. The topological polar surface area (TPSA) is 20.3 Å².